The molecule has 94 valence electrons. The topological polar surface area (TPSA) is 46.9 Å². The molecule has 0 bridgehead atoms. The number of benzene rings is 1. The van der Waals surface area contributed by atoms with Crippen molar-refractivity contribution in [2.45, 2.75) is 0 Å². The van der Waals surface area contributed by atoms with Crippen LogP contribution in [0.15, 0.2) is 29.0 Å². The Morgan fingerprint density at radius 2 is 2.17 bits per heavy atom. The average Bonchev–Trinajstić information content (AvgIpc) is 2.62. The van der Waals surface area contributed by atoms with Crippen LogP contribution in [0, 0.1) is 0 Å². The molecule has 0 saturated heterocycles. The summed E-state index contributed by atoms with van der Waals surface area (Å²) in [4.78, 5) is 12.0. The molecule has 1 aromatic heterocycles. The van der Waals surface area contributed by atoms with E-state index in [1.807, 2.05) is 0 Å². The van der Waals surface area contributed by atoms with Gasteiger partial charge in [0.2, 0.25) is 0 Å². The van der Waals surface area contributed by atoms with Crippen LogP contribution in [0.5, 0.6) is 0 Å². The molecule has 0 aliphatic rings. The normalized spacial score (nSPS) is 10.4. The molecule has 1 amide bonds. The molecule has 0 unspecified atom stereocenters. The lowest BCUT2D eigenvalue weighted by atomic mass is 10.3. The molecule has 7 heteroatoms. The monoisotopic (exact) mass is 347 g/mol. The molecule has 1 heterocycles. The van der Waals surface area contributed by atoms with Crippen LogP contribution in [0.2, 0.25) is 10.0 Å². The fourth-order valence-electron chi connectivity index (χ4n) is 1.39. The number of amides is 1. The molecule has 0 aliphatic heterocycles. The third-order valence-electron chi connectivity index (χ3n) is 2.21. The average molecular weight is 349 g/mol. The summed E-state index contributed by atoms with van der Waals surface area (Å²) in [7, 11) is 1.73. The lowest BCUT2D eigenvalue weighted by Gasteiger charge is -2.06. The molecule has 2 rings (SSSR count). The Hall–Kier alpha value is -1.04. The maximum Gasteiger partial charge on any atom is 0.260 e. The fraction of sp³-hybridized carbons (Fsp3) is 0.0909. The van der Waals surface area contributed by atoms with Crippen LogP contribution in [0.25, 0.3) is 0 Å². The van der Waals surface area contributed by atoms with E-state index in [2.05, 4.69) is 26.3 Å². The summed E-state index contributed by atoms with van der Waals surface area (Å²) in [5.41, 5.74) is 0.935. The first-order chi connectivity index (χ1) is 8.47. The summed E-state index contributed by atoms with van der Waals surface area (Å²) >= 11 is 15.0. The van der Waals surface area contributed by atoms with Crippen molar-refractivity contribution in [1.29, 1.82) is 0 Å². The van der Waals surface area contributed by atoms with Gasteiger partial charge in [-0.1, -0.05) is 23.2 Å². The van der Waals surface area contributed by atoms with Crippen molar-refractivity contribution in [1.82, 2.24) is 9.78 Å². The van der Waals surface area contributed by atoms with E-state index in [-0.39, 0.29) is 5.91 Å². The molecule has 0 radical (unpaired) electrons. The minimum Gasteiger partial charge on any atom is -0.320 e. The van der Waals surface area contributed by atoms with Crippen LogP contribution in [-0.2, 0) is 7.05 Å². The fourth-order valence-corrected chi connectivity index (χ4v) is 2.38. The van der Waals surface area contributed by atoms with Gasteiger partial charge in [-0.15, -0.1) is 0 Å². The van der Waals surface area contributed by atoms with Crippen molar-refractivity contribution in [2.75, 3.05) is 5.32 Å². The van der Waals surface area contributed by atoms with Crippen LogP contribution in [0.3, 0.4) is 0 Å². The van der Waals surface area contributed by atoms with Gasteiger partial charge in [-0.05, 0) is 34.1 Å². The zero-order valence-corrected chi connectivity index (χ0v) is 12.3. The SMILES string of the molecule is Cn1cc(C(=O)Nc2ccc(Cl)cc2Cl)c(Br)n1. The molecule has 1 N–H and O–H groups in total. The first-order valence-corrected chi connectivity index (χ1v) is 6.48. The van der Waals surface area contributed by atoms with E-state index in [1.165, 1.54) is 0 Å². The lowest BCUT2D eigenvalue weighted by molar-refractivity contribution is 0.102. The van der Waals surface area contributed by atoms with Crippen molar-refractivity contribution < 1.29 is 4.79 Å². The van der Waals surface area contributed by atoms with Gasteiger partial charge in [-0.3, -0.25) is 9.48 Å². The molecule has 0 saturated carbocycles. The lowest BCUT2D eigenvalue weighted by Crippen LogP contribution is -2.12. The highest BCUT2D eigenvalue weighted by molar-refractivity contribution is 9.10. The Bertz CT molecular complexity index is 612. The van der Waals surface area contributed by atoms with Gasteiger partial charge in [-0.25, -0.2) is 0 Å². The summed E-state index contributed by atoms with van der Waals surface area (Å²) in [6, 6.07) is 4.87. The number of nitrogens with one attached hydrogen (secondary N) is 1. The van der Waals surface area contributed by atoms with Crippen molar-refractivity contribution in [3.05, 3.63) is 44.6 Å². The zero-order valence-electron chi connectivity index (χ0n) is 9.25. The number of aryl methyl sites for hydroxylation is 1. The minimum absolute atomic E-state index is 0.292. The molecule has 2 aromatic rings. The first kappa shape index (κ1) is 13.4. The van der Waals surface area contributed by atoms with E-state index < -0.39 is 0 Å². The second-order valence-corrected chi connectivity index (χ2v) is 5.18. The molecule has 18 heavy (non-hydrogen) atoms. The van der Waals surface area contributed by atoms with E-state index >= 15 is 0 Å². The predicted octanol–water partition coefficient (Wildman–Crippen LogP) is 3.74. The predicted molar refractivity (Wildman–Crippen MR) is 75.3 cm³/mol. The van der Waals surface area contributed by atoms with Gasteiger partial charge in [0, 0.05) is 18.3 Å². The summed E-state index contributed by atoms with van der Waals surface area (Å²) < 4.78 is 2.02. The Kier molecular flexibility index (Phi) is 3.94. The van der Waals surface area contributed by atoms with Gasteiger partial charge in [0.1, 0.15) is 4.60 Å². The Morgan fingerprint density at radius 1 is 1.44 bits per heavy atom. The van der Waals surface area contributed by atoms with Gasteiger partial charge in [0.05, 0.1) is 16.3 Å². The number of aromatic nitrogens is 2. The van der Waals surface area contributed by atoms with E-state index in [0.717, 1.165) is 0 Å². The third-order valence-corrected chi connectivity index (χ3v) is 3.34. The van der Waals surface area contributed by atoms with Crippen LogP contribution in [-0.4, -0.2) is 15.7 Å². The number of hydrogen-bond donors (Lipinski definition) is 1. The highest BCUT2D eigenvalue weighted by Crippen LogP contribution is 2.26. The number of rotatable bonds is 2. The first-order valence-electron chi connectivity index (χ1n) is 4.93. The minimum atomic E-state index is -0.292. The summed E-state index contributed by atoms with van der Waals surface area (Å²) in [6.45, 7) is 0. The molecule has 4 nitrogen and oxygen atoms in total. The number of nitrogens with zero attached hydrogens (tertiary/aromatic N) is 2. The third kappa shape index (κ3) is 2.85. The van der Waals surface area contributed by atoms with Crippen LogP contribution in [0.4, 0.5) is 5.69 Å². The Balaban J connectivity index is 2.24. The van der Waals surface area contributed by atoms with Gasteiger partial charge >= 0.3 is 0 Å². The van der Waals surface area contributed by atoms with Gasteiger partial charge < -0.3 is 5.32 Å². The van der Waals surface area contributed by atoms with E-state index in [4.69, 9.17) is 23.2 Å². The summed E-state index contributed by atoms with van der Waals surface area (Å²) in [5.74, 6) is -0.292. The summed E-state index contributed by atoms with van der Waals surface area (Å²) in [5, 5.41) is 7.62. The van der Waals surface area contributed by atoms with E-state index in [9.17, 15) is 4.79 Å². The number of hydrogen-bond acceptors (Lipinski definition) is 2. The van der Waals surface area contributed by atoms with Crippen LogP contribution < -0.4 is 5.32 Å². The van der Waals surface area contributed by atoms with Crippen molar-refractivity contribution >= 4 is 50.7 Å². The standard InChI is InChI=1S/C11H8BrCl2N3O/c1-17-5-7(10(12)16-17)11(18)15-9-3-2-6(13)4-8(9)14/h2-5H,1H3,(H,15,18). The summed E-state index contributed by atoms with van der Waals surface area (Å²) in [6.07, 6.45) is 1.61. The largest absolute Gasteiger partial charge is 0.320 e. The zero-order chi connectivity index (χ0) is 13.3. The van der Waals surface area contributed by atoms with Gasteiger partial charge in [0.15, 0.2) is 0 Å². The molecule has 0 atom stereocenters. The number of carbonyl (C=O) groups is 1. The van der Waals surface area contributed by atoms with Crippen molar-refractivity contribution in [3.8, 4) is 0 Å². The Morgan fingerprint density at radius 3 is 2.72 bits per heavy atom. The molecule has 0 aliphatic carbocycles. The highest BCUT2D eigenvalue weighted by atomic mass is 79.9. The number of anilines is 1. The van der Waals surface area contributed by atoms with E-state index in [1.54, 1.807) is 36.1 Å². The van der Waals surface area contributed by atoms with Gasteiger partial charge in [0.25, 0.3) is 5.91 Å². The highest BCUT2D eigenvalue weighted by Gasteiger charge is 2.15. The number of carbonyl (C=O) groups excluding carboxylic acids is 1. The smallest absolute Gasteiger partial charge is 0.260 e. The quantitative estimate of drug-likeness (QED) is 0.898. The molecule has 1 aromatic carbocycles. The molecule has 0 fully saturated rings. The van der Waals surface area contributed by atoms with E-state index in [0.29, 0.717) is 25.9 Å². The number of halogens is 3. The second kappa shape index (κ2) is 5.30. The Labute approximate surface area is 122 Å². The van der Waals surface area contributed by atoms with Crippen LogP contribution in [0.1, 0.15) is 10.4 Å². The van der Waals surface area contributed by atoms with Crippen molar-refractivity contribution in [2.24, 2.45) is 7.05 Å². The molecule has 0 spiro atoms. The van der Waals surface area contributed by atoms with Crippen molar-refractivity contribution in [3.63, 3.8) is 0 Å². The van der Waals surface area contributed by atoms with Crippen LogP contribution >= 0.6 is 39.1 Å². The maximum atomic E-state index is 12.0. The second-order valence-electron chi connectivity index (χ2n) is 3.59. The molecular weight excluding hydrogens is 341 g/mol. The van der Waals surface area contributed by atoms with Gasteiger partial charge in [-0.2, -0.15) is 5.10 Å². The maximum absolute atomic E-state index is 12.0. The molecular formula is C11H8BrCl2N3O.